The van der Waals surface area contributed by atoms with E-state index in [1.165, 1.54) is 5.56 Å². The number of carbonyl (C=O) groups excluding carboxylic acids is 1. The average molecular weight is 297 g/mol. The van der Waals surface area contributed by atoms with Crippen LogP contribution in [0.5, 0.6) is 0 Å². The molecule has 1 aromatic carbocycles. The zero-order chi connectivity index (χ0) is 13.7. The van der Waals surface area contributed by atoms with Gasteiger partial charge in [-0.1, -0.05) is 37.3 Å². The van der Waals surface area contributed by atoms with Crippen LogP contribution in [0.1, 0.15) is 32.3 Å². The van der Waals surface area contributed by atoms with Crippen molar-refractivity contribution < 1.29 is 4.79 Å². The Balaban J connectivity index is 0.00000200. The lowest BCUT2D eigenvalue weighted by Crippen LogP contribution is -2.55. The summed E-state index contributed by atoms with van der Waals surface area (Å²) in [5, 5.41) is 6.61. The molecular formula is C16H25ClN2O. The molecule has 2 N–H and O–H groups in total. The van der Waals surface area contributed by atoms with Crippen molar-refractivity contribution in [3.05, 3.63) is 35.9 Å². The average Bonchev–Trinajstić information content (AvgIpc) is 2.42. The van der Waals surface area contributed by atoms with E-state index in [1.807, 2.05) is 18.2 Å². The number of nitrogens with one attached hydrogen (secondary N) is 2. The molecule has 0 bridgehead atoms. The fourth-order valence-electron chi connectivity index (χ4n) is 2.77. The number of piperidine rings is 1. The van der Waals surface area contributed by atoms with Crippen LogP contribution in [-0.2, 0) is 11.2 Å². The standard InChI is InChI=1S/C16H24N2O.ClH/c1-12-10-11-17-13(2)16(12)18-15(19)9-8-14-6-4-3-5-7-14;/h3-7,12-13,16-17H,8-11H2,1-2H3,(H,18,19);1H. The van der Waals surface area contributed by atoms with E-state index in [2.05, 4.69) is 36.6 Å². The number of amides is 1. The number of rotatable bonds is 4. The third-order valence-corrected chi connectivity index (χ3v) is 4.03. The Hall–Kier alpha value is -1.06. The fraction of sp³-hybridized carbons (Fsp3) is 0.562. The van der Waals surface area contributed by atoms with Gasteiger partial charge in [-0.05, 0) is 37.8 Å². The monoisotopic (exact) mass is 296 g/mol. The number of halogens is 1. The summed E-state index contributed by atoms with van der Waals surface area (Å²) in [4.78, 5) is 12.0. The normalized spacial score (nSPS) is 25.6. The van der Waals surface area contributed by atoms with Crippen LogP contribution >= 0.6 is 12.4 Å². The summed E-state index contributed by atoms with van der Waals surface area (Å²) in [5.74, 6) is 0.716. The number of aryl methyl sites for hydroxylation is 1. The SMILES string of the molecule is CC1CCNC(C)C1NC(=O)CCc1ccccc1.Cl. The van der Waals surface area contributed by atoms with Gasteiger partial charge < -0.3 is 10.6 Å². The highest BCUT2D eigenvalue weighted by atomic mass is 35.5. The fourth-order valence-corrected chi connectivity index (χ4v) is 2.77. The molecule has 0 spiro atoms. The summed E-state index contributed by atoms with van der Waals surface area (Å²) >= 11 is 0. The predicted molar refractivity (Wildman–Crippen MR) is 85.2 cm³/mol. The maximum atomic E-state index is 12.0. The molecule has 1 aliphatic rings. The summed E-state index contributed by atoms with van der Waals surface area (Å²) in [7, 11) is 0. The van der Waals surface area contributed by atoms with Crippen molar-refractivity contribution in [3.63, 3.8) is 0 Å². The molecule has 0 aromatic heterocycles. The van der Waals surface area contributed by atoms with Crippen LogP contribution in [0.4, 0.5) is 0 Å². The van der Waals surface area contributed by atoms with Crippen LogP contribution in [0.2, 0.25) is 0 Å². The molecule has 1 fully saturated rings. The van der Waals surface area contributed by atoms with Crippen molar-refractivity contribution in [3.8, 4) is 0 Å². The van der Waals surface area contributed by atoms with E-state index >= 15 is 0 Å². The van der Waals surface area contributed by atoms with Crippen LogP contribution < -0.4 is 10.6 Å². The first kappa shape index (κ1) is 17.0. The number of hydrogen-bond donors (Lipinski definition) is 2. The van der Waals surface area contributed by atoms with Gasteiger partial charge in [-0.3, -0.25) is 4.79 Å². The van der Waals surface area contributed by atoms with E-state index in [-0.39, 0.29) is 24.4 Å². The minimum atomic E-state index is 0. The second kappa shape index (κ2) is 8.28. The van der Waals surface area contributed by atoms with Crippen molar-refractivity contribution >= 4 is 18.3 Å². The van der Waals surface area contributed by atoms with Gasteiger partial charge >= 0.3 is 0 Å². The first-order valence-electron chi connectivity index (χ1n) is 7.23. The molecule has 1 amide bonds. The lowest BCUT2D eigenvalue weighted by atomic mass is 9.89. The first-order valence-corrected chi connectivity index (χ1v) is 7.23. The van der Waals surface area contributed by atoms with Crippen molar-refractivity contribution in [2.75, 3.05) is 6.54 Å². The lowest BCUT2D eigenvalue weighted by molar-refractivity contribution is -0.122. The van der Waals surface area contributed by atoms with E-state index in [1.54, 1.807) is 0 Å². The van der Waals surface area contributed by atoms with Gasteiger partial charge in [-0.25, -0.2) is 0 Å². The molecule has 2 rings (SSSR count). The Labute approximate surface area is 127 Å². The first-order chi connectivity index (χ1) is 9.16. The molecule has 20 heavy (non-hydrogen) atoms. The number of hydrogen-bond acceptors (Lipinski definition) is 2. The van der Waals surface area contributed by atoms with E-state index < -0.39 is 0 Å². The molecule has 4 heteroatoms. The zero-order valence-corrected chi connectivity index (χ0v) is 13.1. The maximum Gasteiger partial charge on any atom is 0.220 e. The second-order valence-electron chi connectivity index (χ2n) is 5.59. The van der Waals surface area contributed by atoms with Gasteiger partial charge in [0, 0.05) is 18.5 Å². The van der Waals surface area contributed by atoms with Crippen molar-refractivity contribution in [1.82, 2.24) is 10.6 Å². The van der Waals surface area contributed by atoms with Gasteiger partial charge in [0.2, 0.25) is 5.91 Å². The Bertz CT molecular complexity index is 400. The predicted octanol–water partition coefficient (Wildman–Crippen LogP) is 2.54. The molecule has 0 aliphatic carbocycles. The number of carbonyl (C=O) groups is 1. The summed E-state index contributed by atoms with van der Waals surface area (Å²) < 4.78 is 0. The lowest BCUT2D eigenvalue weighted by Gasteiger charge is -2.36. The Kier molecular flexibility index (Phi) is 7.03. The van der Waals surface area contributed by atoms with Crippen molar-refractivity contribution in [2.45, 2.75) is 45.2 Å². The molecule has 1 heterocycles. The van der Waals surface area contributed by atoms with E-state index in [9.17, 15) is 4.79 Å². The van der Waals surface area contributed by atoms with Crippen molar-refractivity contribution in [1.29, 1.82) is 0 Å². The molecule has 112 valence electrons. The number of benzene rings is 1. The molecule has 1 aliphatic heterocycles. The van der Waals surface area contributed by atoms with Crippen LogP contribution in [0.25, 0.3) is 0 Å². The van der Waals surface area contributed by atoms with Gasteiger partial charge in [0.15, 0.2) is 0 Å². The minimum absolute atomic E-state index is 0. The second-order valence-corrected chi connectivity index (χ2v) is 5.59. The third kappa shape index (κ3) is 4.80. The smallest absolute Gasteiger partial charge is 0.220 e. The highest BCUT2D eigenvalue weighted by Gasteiger charge is 2.28. The molecule has 3 nitrogen and oxygen atoms in total. The van der Waals surface area contributed by atoms with Crippen LogP contribution in [-0.4, -0.2) is 24.5 Å². The largest absolute Gasteiger partial charge is 0.352 e. The van der Waals surface area contributed by atoms with Gasteiger partial charge in [0.25, 0.3) is 0 Å². The Morgan fingerprint density at radius 2 is 2.00 bits per heavy atom. The highest BCUT2D eigenvalue weighted by molar-refractivity contribution is 5.85. The molecule has 0 saturated carbocycles. The van der Waals surface area contributed by atoms with Crippen LogP contribution in [0.3, 0.4) is 0 Å². The van der Waals surface area contributed by atoms with Crippen LogP contribution in [0, 0.1) is 5.92 Å². The summed E-state index contributed by atoms with van der Waals surface area (Å²) in [6.45, 7) is 5.43. The third-order valence-electron chi connectivity index (χ3n) is 4.03. The van der Waals surface area contributed by atoms with Gasteiger partial charge in [0.1, 0.15) is 0 Å². The topological polar surface area (TPSA) is 41.1 Å². The summed E-state index contributed by atoms with van der Waals surface area (Å²) in [6, 6.07) is 10.8. The molecule has 3 unspecified atom stereocenters. The van der Waals surface area contributed by atoms with E-state index in [4.69, 9.17) is 0 Å². The zero-order valence-electron chi connectivity index (χ0n) is 12.3. The molecular weight excluding hydrogens is 272 g/mol. The summed E-state index contributed by atoms with van der Waals surface area (Å²) in [5.41, 5.74) is 1.22. The molecule has 0 radical (unpaired) electrons. The quantitative estimate of drug-likeness (QED) is 0.896. The minimum Gasteiger partial charge on any atom is -0.352 e. The van der Waals surface area contributed by atoms with E-state index in [0.717, 1.165) is 19.4 Å². The highest BCUT2D eigenvalue weighted by Crippen LogP contribution is 2.16. The molecule has 1 aromatic rings. The summed E-state index contributed by atoms with van der Waals surface area (Å²) in [6.07, 6.45) is 2.52. The molecule has 1 saturated heterocycles. The van der Waals surface area contributed by atoms with Gasteiger partial charge in [-0.15, -0.1) is 12.4 Å². The Morgan fingerprint density at radius 3 is 2.65 bits per heavy atom. The van der Waals surface area contributed by atoms with Crippen LogP contribution in [0.15, 0.2) is 30.3 Å². The van der Waals surface area contributed by atoms with Crippen molar-refractivity contribution in [2.24, 2.45) is 5.92 Å². The van der Waals surface area contributed by atoms with Gasteiger partial charge in [0.05, 0.1) is 0 Å². The maximum absolute atomic E-state index is 12.0. The molecule has 3 atom stereocenters. The van der Waals surface area contributed by atoms with E-state index in [0.29, 0.717) is 18.4 Å². The Morgan fingerprint density at radius 1 is 1.30 bits per heavy atom. The van der Waals surface area contributed by atoms with Gasteiger partial charge in [-0.2, -0.15) is 0 Å².